The molecular weight excluding hydrogens is 504 g/mol. The summed E-state index contributed by atoms with van der Waals surface area (Å²) >= 11 is 0. The zero-order valence-corrected chi connectivity index (χ0v) is 23.7. The van der Waals surface area contributed by atoms with Crippen LogP contribution in [0.4, 0.5) is 0 Å². The molecule has 1 spiro atoms. The van der Waals surface area contributed by atoms with E-state index in [0.29, 0.717) is 5.56 Å². The number of aromatic amines is 1. The molecule has 2 fully saturated rings. The monoisotopic (exact) mass is 542 g/mol. The number of carboxylic acid groups (broad SMARTS) is 1. The molecule has 0 bridgehead atoms. The van der Waals surface area contributed by atoms with Crippen molar-refractivity contribution in [3.63, 3.8) is 0 Å². The number of nitriles is 1. The number of benzene rings is 2. The minimum absolute atomic E-state index is 0.0495. The van der Waals surface area contributed by atoms with E-state index in [2.05, 4.69) is 40.3 Å². The normalized spacial score (nSPS) is 23.0. The van der Waals surface area contributed by atoms with Gasteiger partial charge in [-0.25, -0.2) is 0 Å². The molecule has 0 unspecified atom stereocenters. The smallest absolute Gasteiger partial charge is 0.310 e. The molecule has 1 aliphatic heterocycles. The van der Waals surface area contributed by atoms with Gasteiger partial charge < -0.3 is 20.1 Å². The summed E-state index contributed by atoms with van der Waals surface area (Å²) in [6.45, 7) is 6.96. The number of aliphatic carboxylic acids is 1. The fourth-order valence-electron chi connectivity index (χ4n) is 6.46. The number of fused-ring (bicyclic) bond motifs is 1. The summed E-state index contributed by atoms with van der Waals surface area (Å²) in [5.41, 5.74) is 4.21. The van der Waals surface area contributed by atoms with Crippen molar-refractivity contribution in [1.82, 2.24) is 15.2 Å². The van der Waals surface area contributed by atoms with Crippen LogP contribution >= 0.6 is 0 Å². The standard InChI is InChI=1S/C32H38N4O4/c1-20-13-27(40-4)25(24-9-11-34-28(20)24)18-36-12-10-32(14-21(15-32)17-33)16-26(36)22-5-7-23(8-6-22)29(37)35-19-31(2,3)30(38)39/h5-9,11,13,21,26,34H,10,12,14-16,18-19H2,1-4H3,(H,35,37)(H,38,39)/t21?,26-,32?/m0/s1. The number of carbonyl (C=O) groups excluding carboxylic acids is 1. The van der Waals surface area contributed by atoms with Crippen LogP contribution in [0, 0.1) is 35.0 Å². The number of aromatic nitrogens is 1. The minimum Gasteiger partial charge on any atom is -0.496 e. The zero-order valence-electron chi connectivity index (χ0n) is 23.7. The van der Waals surface area contributed by atoms with E-state index < -0.39 is 11.4 Å². The molecule has 40 heavy (non-hydrogen) atoms. The molecule has 1 atom stereocenters. The molecule has 1 saturated carbocycles. The van der Waals surface area contributed by atoms with Crippen LogP contribution in [-0.2, 0) is 11.3 Å². The average molecular weight is 543 g/mol. The second-order valence-electron chi connectivity index (χ2n) is 12.3. The van der Waals surface area contributed by atoms with Gasteiger partial charge in [0.15, 0.2) is 0 Å². The highest BCUT2D eigenvalue weighted by Crippen LogP contribution is 2.56. The van der Waals surface area contributed by atoms with Gasteiger partial charge in [-0.3, -0.25) is 14.5 Å². The van der Waals surface area contributed by atoms with Gasteiger partial charge in [0.25, 0.3) is 5.91 Å². The maximum Gasteiger partial charge on any atom is 0.310 e. The van der Waals surface area contributed by atoms with Crippen LogP contribution in [0.3, 0.4) is 0 Å². The molecule has 210 valence electrons. The number of methoxy groups -OCH3 is 1. The van der Waals surface area contributed by atoms with Crippen LogP contribution in [0.15, 0.2) is 42.6 Å². The Balaban J connectivity index is 1.41. The number of piperidine rings is 1. The molecule has 3 aromatic rings. The maximum absolute atomic E-state index is 12.8. The van der Waals surface area contributed by atoms with E-state index >= 15 is 0 Å². The van der Waals surface area contributed by atoms with Crippen LogP contribution in [0.1, 0.15) is 72.6 Å². The van der Waals surface area contributed by atoms with Crippen LogP contribution < -0.4 is 10.1 Å². The number of nitrogens with one attached hydrogen (secondary N) is 2. The van der Waals surface area contributed by atoms with E-state index in [4.69, 9.17) is 4.74 Å². The third-order valence-corrected chi connectivity index (χ3v) is 9.06. The fraction of sp³-hybridized carbons (Fsp3) is 0.469. The number of ether oxygens (including phenoxy) is 1. The van der Waals surface area contributed by atoms with Gasteiger partial charge in [-0.1, -0.05) is 12.1 Å². The third-order valence-electron chi connectivity index (χ3n) is 9.06. The Morgan fingerprint density at radius 1 is 1.23 bits per heavy atom. The second-order valence-corrected chi connectivity index (χ2v) is 12.3. The van der Waals surface area contributed by atoms with Crippen molar-refractivity contribution in [2.24, 2.45) is 16.7 Å². The Kier molecular flexibility index (Phi) is 7.36. The molecule has 8 heteroatoms. The summed E-state index contributed by atoms with van der Waals surface area (Å²) < 4.78 is 5.83. The molecule has 2 aromatic carbocycles. The first-order valence-electron chi connectivity index (χ1n) is 13.9. The van der Waals surface area contributed by atoms with Crippen LogP contribution in [0.25, 0.3) is 10.9 Å². The molecule has 1 aromatic heterocycles. The van der Waals surface area contributed by atoms with E-state index in [1.54, 1.807) is 21.0 Å². The van der Waals surface area contributed by atoms with Crippen molar-refractivity contribution in [3.05, 3.63) is 64.8 Å². The highest BCUT2D eigenvalue weighted by atomic mass is 16.5. The van der Waals surface area contributed by atoms with Crippen molar-refractivity contribution in [2.45, 2.75) is 59.0 Å². The number of carboxylic acids is 1. The number of hydrogen-bond donors (Lipinski definition) is 3. The summed E-state index contributed by atoms with van der Waals surface area (Å²) in [6.07, 6.45) is 5.90. The van der Waals surface area contributed by atoms with E-state index in [1.165, 1.54) is 5.39 Å². The van der Waals surface area contributed by atoms with Crippen molar-refractivity contribution in [2.75, 3.05) is 20.2 Å². The van der Waals surface area contributed by atoms with E-state index in [1.807, 2.05) is 30.5 Å². The number of nitrogens with zero attached hydrogens (tertiary/aromatic N) is 2. The van der Waals surface area contributed by atoms with Gasteiger partial charge in [-0.2, -0.15) is 5.26 Å². The van der Waals surface area contributed by atoms with E-state index in [-0.39, 0.29) is 29.8 Å². The SMILES string of the molecule is COc1cc(C)c2[nH]ccc2c1CN1CCC2(CC(C#N)C2)C[C@H]1c1ccc(C(=O)NCC(C)(C)C(=O)O)cc1. The summed E-state index contributed by atoms with van der Waals surface area (Å²) in [6, 6.07) is 14.5. The molecule has 3 N–H and O–H groups in total. The number of rotatable bonds is 8. The zero-order chi connectivity index (χ0) is 28.7. The molecule has 0 radical (unpaired) electrons. The lowest BCUT2D eigenvalue weighted by Crippen LogP contribution is -2.48. The maximum atomic E-state index is 12.8. The lowest BCUT2D eigenvalue weighted by atomic mass is 9.56. The van der Waals surface area contributed by atoms with Crippen molar-refractivity contribution >= 4 is 22.8 Å². The number of H-pyrrole nitrogens is 1. The molecule has 1 saturated heterocycles. The van der Waals surface area contributed by atoms with Gasteiger partial charge in [-0.15, -0.1) is 0 Å². The largest absolute Gasteiger partial charge is 0.496 e. The first kappa shape index (κ1) is 27.7. The first-order chi connectivity index (χ1) is 19.1. The van der Waals surface area contributed by atoms with Crippen LogP contribution in [0.5, 0.6) is 5.75 Å². The molecule has 1 amide bonds. The summed E-state index contributed by atoms with van der Waals surface area (Å²) in [4.78, 5) is 30.1. The van der Waals surface area contributed by atoms with Crippen molar-refractivity contribution < 1.29 is 19.4 Å². The van der Waals surface area contributed by atoms with Gasteiger partial charge in [0.05, 0.1) is 18.6 Å². The van der Waals surface area contributed by atoms with Crippen LogP contribution in [-0.4, -0.2) is 47.1 Å². The molecule has 1 aliphatic carbocycles. The molecule has 8 nitrogen and oxygen atoms in total. The molecule has 5 rings (SSSR count). The lowest BCUT2D eigenvalue weighted by Gasteiger charge is -2.53. The Morgan fingerprint density at radius 3 is 2.60 bits per heavy atom. The molecule has 2 heterocycles. The van der Waals surface area contributed by atoms with Gasteiger partial charge >= 0.3 is 5.97 Å². The summed E-state index contributed by atoms with van der Waals surface area (Å²) in [5, 5.41) is 22.7. The van der Waals surface area contributed by atoms with Crippen LogP contribution in [0.2, 0.25) is 0 Å². The predicted molar refractivity (Wildman–Crippen MR) is 153 cm³/mol. The number of likely N-dealkylation sites (tertiary alicyclic amines) is 1. The van der Waals surface area contributed by atoms with Crippen molar-refractivity contribution in [1.29, 1.82) is 5.26 Å². The number of aryl methyl sites for hydroxylation is 1. The summed E-state index contributed by atoms with van der Waals surface area (Å²) in [5.74, 6) is -0.211. The van der Waals surface area contributed by atoms with Gasteiger partial charge in [-0.05, 0) is 93.8 Å². The van der Waals surface area contributed by atoms with E-state index in [0.717, 1.165) is 66.7 Å². The minimum atomic E-state index is -1.04. The van der Waals surface area contributed by atoms with E-state index in [9.17, 15) is 20.0 Å². The Bertz CT molecular complexity index is 1460. The number of carbonyl (C=O) groups is 2. The quantitative estimate of drug-likeness (QED) is 0.342. The second kappa shape index (κ2) is 10.6. The highest BCUT2D eigenvalue weighted by Gasteiger charge is 2.49. The summed E-state index contributed by atoms with van der Waals surface area (Å²) in [7, 11) is 1.72. The third kappa shape index (κ3) is 5.18. The molecular formula is C32H38N4O4. The number of amides is 1. The first-order valence-corrected chi connectivity index (χ1v) is 13.9. The Morgan fingerprint density at radius 2 is 1.95 bits per heavy atom. The Labute approximate surface area is 235 Å². The predicted octanol–water partition coefficient (Wildman–Crippen LogP) is 5.58. The highest BCUT2D eigenvalue weighted by molar-refractivity contribution is 5.94. The van der Waals surface area contributed by atoms with Gasteiger partial charge in [0.2, 0.25) is 0 Å². The number of hydrogen-bond acceptors (Lipinski definition) is 5. The Hall–Kier alpha value is -3.83. The fourth-order valence-corrected chi connectivity index (χ4v) is 6.46. The van der Waals surface area contributed by atoms with Gasteiger partial charge in [0.1, 0.15) is 5.75 Å². The van der Waals surface area contributed by atoms with Crippen molar-refractivity contribution in [3.8, 4) is 11.8 Å². The topological polar surface area (TPSA) is 118 Å². The lowest BCUT2D eigenvalue weighted by molar-refractivity contribution is -0.146. The van der Waals surface area contributed by atoms with Gasteiger partial charge in [0, 0.05) is 53.3 Å². The average Bonchev–Trinajstić information content (AvgIpc) is 3.43. The molecule has 2 aliphatic rings.